The minimum Gasteiger partial charge on any atom is -0.497 e. The van der Waals surface area contributed by atoms with Gasteiger partial charge in [0.1, 0.15) is 23.8 Å². The van der Waals surface area contributed by atoms with Crippen LogP contribution in [0.2, 0.25) is 5.02 Å². The normalized spacial score (nSPS) is 11.9. The zero-order chi connectivity index (χ0) is 26.5. The van der Waals surface area contributed by atoms with Crippen molar-refractivity contribution in [1.82, 2.24) is 5.32 Å². The largest absolute Gasteiger partial charge is 0.497 e. The maximum absolute atomic E-state index is 13.6. The fraction of sp³-hybridized carbons (Fsp3) is 0.269. The summed E-state index contributed by atoms with van der Waals surface area (Å²) in [4.78, 5) is 13.2. The second-order valence-electron chi connectivity index (χ2n) is 8.04. The van der Waals surface area contributed by atoms with E-state index < -0.39 is 28.5 Å². The van der Waals surface area contributed by atoms with Gasteiger partial charge < -0.3 is 19.5 Å². The first kappa shape index (κ1) is 27.2. The third kappa shape index (κ3) is 6.03. The molecule has 0 aliphatic carbocycles. The molecule has 36 heavy (non-hydrogen) atoms. The first-order valence-electron chi connectivity index (χ1n) is 11.0. The molecule has 10 heteroatoms. The van der Waals surface area contributed by atoms with Gasteiger partial charge >= 0.3 is 0 Å². The number of carbonyl (C=O) groups excluding carboxylic acids is 1. The van der Waals surface area contributed by atoms with Gasteiger partial charge in [0.25, 0.3) is 10.0 Å². The summed E-state index contributed by atoms with van der Waals surface area (Å²) in [5.41, 5.74) is 1.82. The number of nitrogens with one attached hydrogen (secondary N) is 1. The van der Waals surface area contributed by atoms with Crippen molar-refractivity contribution in [2.45, 2.75) is 24.8 Å². The number of carbonyl (C=O) groups is 1. The number of benzene rings is 3. The Morgan fingerprint density at radius 1 is 0.944 bits per heavy atom. The van der Waals surface area contributed by atoms with Crippen LogP contribution in [0, 0.1) is 6.92 Å². The van der Waals surface area contributed by atoms with E-state index in [2.05, 4.69) is 5.32 Å². The molecule has 0 bridgehead atoms. The van der Waals surface area contributed by atoms with Crippen molar-refractivity contribution in [2.75, 3.05) is 32.2 Å². The van der Waals surface area contributed by atoms with Crippen molar-refractivity contribution in [3.8, 4) is 17.2 Å². The van der Waals surface area contributed by atoms with Crippen LogP contribution in [-0.2, 0) is 14.8 Å². The smallest absolute Gasteiger partial charge is 0.264 e. The van der Waals surface area contributed by atoms with Crippen LogP contribution in [0.1, 0.15) is 24.1 Å². The molecule has 3 rings (SSSR count). The Bertz CT molecular complexity index is 1330. The fourth-order valence-electron chi connectivity index (χ4n) is 3.64. The molecule has 3 aromatic carbocycles. The first-order valence-corrected chi connectivity index (χ1v) is 12.9. The molecule has 0 aliphatic heterocycles. The number of ether oxygens (including phenoxy) is 3. The topological polar surface area (TPSA) is 94.2 Å². The van der Waals surface area contributed by atoms with E-state index in [-0.39, 0.29) is 15.6 Å². The predicted octanol–water partition coefficient (Wildman–Crippen LogP) is 4.75. The molecule has 0 saturated carbocycles. The number of sulfonamides is 1. The van der Waals surface area contributed by atoms with Gasteiger partial charge in [0, 0.05) is 5.56 Å². The Hall–Kier alpha value is -3.43. The SMILES string of the molecule is COc1ccc(OC)c(C(C)NC(=O)CN(c2ccc(OC)c(Cl)c2)S(=O)(=O)c2ccc(C)cc2)c1. The standard InChI is InChI=1S/C26H29ClN2O6S/c1-17-6-10-21(11-7-17)36(31,32)29(19-8-12-25(35-5)23(27)14-19)16-26(30)28-18(2)22-15-20(33-3)9-13-24(22)34-4/h6-15,18H,16H2,1-5H3,(H,28,30). The van der Waals surface area contributed by atoms with E-state index in [4.69, 9.17) is 25.8 Å². The van der Waals surface area contributed by atoms with Gasteiger partial charge in [-0.2, -0.15) is 0 Å². The van der Waals surface area contributed by atoms with E-state index >= 15 is 0 Å². The third-order valence-corrected chi connectivity index (χ3v) is 7.68. The average Bonchev–Trinajstić information content (AvgIpc) is 2.86. The lowest BCUT2D eigenvalue weighted by Gasteiger charge is -2.26. The van der Waals surface area contributed by atoms with E-state index in [1.54, 1.807) is 50.4 Å². The molecule has 3 aromatic rings. The number of methoxy groups -OCH3 is 3. The van der Waals surface area contributed by atoms with Gasteiger partial charge in [-0.1, -0.05) is 29.3 Å². The molecule has 0 heterocycles. The van der Waals surface area contributed by atoms with Crippen molar-refractivity contribution in [1.29, 1.82) is 0 Å². The minimum absolute atomic E-state index is 0.0513. The summed E-state index contributed by atoms with van der Waals surface area (Å²) in [5.74, 6) is 1.03. The molecular formula is C26H29ClN2O6S. The molecular weight excluding hydrogens is 504 g/mol. The maximum Gasteiger partial charge on any atom is 0.264 e. The molecule has 192 valence electrons. The van der Waals surface area contributed by atoms with E-state index in [0.717, 1.165) is 9.87 Å². The summed E-state index contributed by atoms with van der Waals surface area (Å²) in [5, 5.41) is 3.07. The van der Waals surface area contributed by atoms with Crippen molar-refractivity contribution in [3.05, 3.63) is 76.8 Å². The zero-order valence-electron chi connectivity index (χ0n) is 20.7. The minimum atomic E-state index is -4.10. The lowest BCUT2D eigenvalue weighted by Crippen LogP contribution is -2.41. The van der Waals surface area contributed by atoms with Gasteiger partial charge in [-0.15, -0.1) is 0 Å². The Morgan fingerprint density at radius 2 is 1.58 bits per heavy atom. The van der Waals surface area contributed by atoms with Crippen molar-refractivity contribution in [3.63, 3.8) is 0 Å². The van der Waals surface area contributed by atoms with Crippen LogP contribution in [0.15, 0.2) is 65.6 Å². The summed E-state index contributed by atoms with van der Waals surface area (Å²) < 4.78 is 44.1. The van der Waals surface area contributed by atoms with E-state index in [0.29, 0.717) is 22.8 Å². The molecule has 0 spiro atoms. The Labute approximate surface area is 216 Å². The monoisotopic (exact) mass is 532 g/mol. The number of halogens is 1. The molecule has 0 fully saturated rings. The molecule has 8 nitrogen and oxygen atoms in total. The number of nitrogens with zero attached hydrogens (tertiary/aromatic N) is 1. The highest BCUT2D eigenvalue weighted by atomic mass is 35.5. The summed E-state index contributed by atoms with van der Waals surface area (Å²) in [7, 11) is 0.439. The third-order valence-electron chi connectivity index (χ3n) is 5.60. The molecule has 1 amide bonds. The lowest BCUT2D eigenvalue weighted by molar-refractivity contribution is -0.120. The predicted molar refractivity (Wildman–Crippen MR) is 140 cm³/mol. The van der Waals surface area contributed by atoms with Gasteiger partial charge in [0.2, 0.25) is 5.91 Å². The second-order valence-corrected chi connectivity index (χ2v) is 10.3. The number of hydrogen-bond acceptors (Lipinski definition) is 6. The van der Waals surface area contributed by atoms with Crippen LogP contribution >= 0.6 is 11.6 Å². The van der Waals surface area contributed by atoms with Crippen molar-refractivity contribution < 1.29 is 27.4 Å². The molecule has 1 unspecified atom stereocenters. The Kier molecular flexibility index (Phi) is 8.70. The highest BCUT2D eigenvalue weighted by molar-refractivity contribution is 7.92. The van der Waals surface area contributed by atoms with Gasteiger partial charge in [-0.05, 0) is 62.4 Å². The number of anilines is 1. The fourth-order valence-corrected chi connectivity index (χ4v) is 5.30. The van der Waals surface area contributed by atoms with Gasteiger partial charge in [-0.25, -0.2) is 8.42 Å². The number of aryl methyl sites for hydroxylation is 1. The number of amides is 1. The highest BCUT2D eigenvalue weighted by Crippen LogP contribution is 2.33. The zero-order valence-corrected chi connectivity index (χ0v) is 22.3. The van der Waals surface area contributed by atoms with E-state index in [1.807, 2.05) is 6.92 Å². The number of hydrogen-bond donors (Lipinski definition) is 1. The Balaban J connectivity index is 1.95. The average molecular weight is 533 g/mol. The maximum atomic E-state index is 13.6. The van der Waals surface area contributed by atoms with E-state index in [1.165, 1.54) is 38.5 Å². The van der Waals surface area contributed by atoms with E-state index in [9.17, 15) is 13.2 Å². The Morgan fingerprint density at radius 3 is 2.17 bits per heavy atom. The van der Waals surface area contributed by atoms with Crippen LogP contribution in [0.25, 0.3) is 0 Å². The van der Waals surface area contributed by atoms with Gasteiger partial charge in [-0.3, -0.25) is 9.10 Å². The molecule has 0 saturated heterocycles. The van der Waals surface area contributed by atoms with Crippen molar-refractivity contribution >= 4 is 33.2 Å². The summed E-state index contributed by atoms with van der Waals surface area (Å²) in [6.45, 7) is 3.16. The summed E-state index contributed by atoms with van der Waals surface area (Å²) in [6, 6.07) is 15.7. The van der Waals surface area contributed by atoms with Crippen LogP contribution in [0.4, 0.5) is 5.69 Å². The van der Waals surface area contributed by atoms with Crippen LogP contribution in [0.3, 0.4) is 0 Å². The molecule has 1 atom stereocenters. The quantitative estimate of drug-likeness (QED) is 0.405. The summed E-state index contributed by atoms with van der Waals surface area (Å²) in [6.07, 6.45) is 0. The molecule has 0 aliphatic rings. The van der Waals surface area contributed by atoms with Gasteiger partial charge in [0.15, 0.2) is 0 Å². The highest BCUT2D eigenvalue weighted by Gasteiger charge is 2.28. The summed E-state index contributed by atoms with van der Waals surface area (Å²) >= 11 is 6.28. The van der Waals surface area contributed by atoms with Crippen LogP contribution in [0.5, 0.6) is 17.2 Å². The molecule has 1 N–H and O–H groups in total. The second kappa shape index (κ2) is 11.5. The van der Waals surface area contributed by atoms with Crippen molar-refractivity contribution in [2.24, 2.45) is 0 Å². The molecule has 0 radical (unpaired) electrons. The molecule has 0 aromatic heterocycles. The van der Waals surface area contributed by atoms with Gasteiger partial charge in [0.05, 0.1) is 43.0 Å². The first-order chi connectivity index (χ1) is 17.1. The number of rotatable bonds is 10. The van der Waals surface area contributed by atoms with Crippen LogP contribution in [-0.4, -0.2) is 42.2 Å². The lowest BCUT2D eigenvalue weighted by atomic mass is 10.1. The van der Waals surface area contributed by atoms with Crippen LogP contribution < -0.4 is 23.8 Å².